The summed E-state index contributed by atoms with van der Waals surface area (Å²) in [4.78, 5) is 26.7. The summed E-state index contributed by atoms with van der Waals surface area (Å²) in [6.07, 6.45) is 4.47. The van der Waals surface area contributed by atoms with Gasteiger partial charge in [-0.15, -0.1) is 0 Å². The summed E-state index contributed by atoms with van der Waals surface area (Å²) in [5.41, 5.74) is 2.41. The van der Waals surface area contributed by atoms with Gasteiger partial charge < -0.3 is 29.8 Å². The predicted octanol–water partition coefficient (Wildman–Crippen LogP) is 2.57. The number of benzene rings is 1. The third kappa shape index (κ3) is 3.94. The predicted molar refractivity (Wildman–Crippen MR) is 119 cm³/mol. The van der Waals surface area contributed by atoms with E-state index in [2.05, 4.69) is 20.3 Å². The summed E-state index contributed by atoms with van der Waals surface area (Å²) >= 11 is 0. The van der Waals surface area contributed by atoms with Crippen molar-refractivity contribution in [3.8, 4) is 0 Å². The van der Waals surface area contributed by atoms with Crippen molar-refractivity contribution in [2.75, 3.05) is 30.0 Å². The lowest BCUT2D eigenvalue weighted by Crippen LogP contribution is -2.59. The van der Waals surface area contributed by atoms with Crippen molar-refractivity contribution in [3.05, 3.63) is 48.4 Å². The standard InChI is InChI=1S/C23H27N5O4/c1-15-12-24-20-19(15)21(26-14-25-20)28-9-7-16(22(29)27-17-5-3-2-4-6-17)11-23(28,30)32-18-8-10-31-13-18/h2-6,12,14,16,18,30H,7-11,13H2,1H3,(H,27,29)(H,24,25,26). The smallest absolute Gasteiger partial charge is 0.251 e. The minimum absolute atomic E-state index is 0.122. The number of carbonyl (C=O) groups is 1. The second kappa shape index (κ2) is 8.50. The molecule has 0 spiro atoms. The number of nitrogens with zero attached hydrogens (tertiary/aromatic N) is 3. The van der Waals surface area contributed by atoms with Crippen LogP contribution in [-0.2, 0) is 14.3 Å². The highest BCUT2D eigenvalue weighted by molar-refractivity contribution is 5.93. The van der Waals surface area contributed by atoms with Gasteiger partial charge in [0.2, 0.25) is 5.91 Å². The number of nitrogens with one attached hydrogen (secondary N) is 2. The lowest BCUT2D eigenvalue weighted by molar-refractivity contribution is -0.244. The van der Waals surface area contributed by atoms with E-state index in [1.807, 2.05) is 43.5 Å². The lowest BCUT2D eigenvalue weighted by atomic mass is 9.92. The van der Waals surface area contributed by atoms with Crippen molar-refractivity contribution in [1.82, 2.24) is 15.0 Å². The zero-order valence-electron chi connectivity index (χ0n) is 18.0. The number of aliphatic hydroxyl groups is 1. The molecule has 5 rings (SSSR count). The average Bonchev–Trinajstić information content (AvgIpc) is 3.44. The van der Waals surface area contributed by atoms with Crippen LogP contribution in [0.4, 0.5) is 11.5 Å². The molecule has 3 aromatic rings. The number of aryl methyl sites for hydroxylation is 1. The first-order valence-electron chi connectivity index (χ1n) is 10.9. The number of ether oxygens (including phenoxy) is 2. The molecule has 2 fully saturated rings. The molecule has 32 heavy (non-hydrogen) atoms. The second-order valence-electron chi connectivity index (χ2n) is 8.44. The van der Waals surface area contributed by atoms with Crippen molar-refractivity contribution >= 4 is 28.4 Å². The Balaban J connectivity index is 1.45. The van der Waals surface area contributed by atoms with Crippen molar-refractivity contribution < 1.29 is 19.4 Å². The van der Waals surface area contributed by atoms with Crippen LogP contribution in [0.25, 0.3) is 11.0 Å². The Hall–Kier alpha value is -3.01. The fraction of sp³-hybridized carbons (Fsp3) is 0.435. The normalized spacial score (nSPS) is 25.9. The van der Waals surface area contributed by atoms with E-state index in [0.29, 0.717) is 44.1 Å². The first-order valence-corrected chi connectivity index (χ1v) is 10.9. The fourth-order valence-electron chi connectivity index (χ4n) is 4.54. The Labute approximate surface area is 185 Å². The molecule has 3 atom stereocenters. The molecule has 2 saturated heterocycles. The Morgan fingerprint density at radius 3 is 2.94 bits per heavy atom. The van der Waals surface area contributed by atoms with E-state index in [-0.39, 0.29) is 18.4 Å². The molecule has 3 N–H and O–H groups in total. The highest BCUT2D eigenvalue weighted by Gasteiger charge is 2.47. The van der Waals surface area contributed by atoms with Crippen LogP contribution in [0.5, 0.6) is 0 Å². The summed E-state index contributed by atoms with van der Waals surface area (Å²) in [6, 6.07) is 9.33. The van der Waals surface area contributed by atoms with Gasteiger partial charge in [0.1, 0.15) is 17.8 Å². The number of aromatic nitrogens is 3. The summed E-state index contributed by atoms with van der Waals surface area (Å²) < 4.78 is 11.7. The highest BCUT2D eigenvalue weighted by atomic mass is 16.7. The SMILES string of the molecule is Cc1c[nH]c2ncnc(N3CCC(C(=O)Nc4ccccc4)CC3(O)OC3CCOC3)c12. The van der Waals surface area contributed by atoms with Gasteiger partial charge >= 0.3 is 0 Å². The Morgan fingerprint density at radius 1 is 1.31 bits per heavy atom. The van der Waals surface area contributed by atoms with E-state index in [9.17, 15) is 9.90 Å². The van der Waals surface area contributed by atoms with Crippen LogP contribution in [0.2, 0.25) is 0 Å². The maximum absolute atomic E-state index is 13.0. The van der Waals surface area contributed by atoms with Crippen molar-refractivity contribution in [3.63, 3.8) is 0 Å². The topological polar surface area (TPSA) is 113 Å². The van der Waals surface area contributed by atoms with Crippen LogP contribution in [0, 0.1) is 12.8 Å². The largest absolute Gasteiger partial charge is 0.379 e. The third-order valence-corrected chi connectivity index (χ3v) is 6.19. The third-order valence-electron chi connectivity index (χ3n) is 6.19. The number of H-pyrrole nitrogens is 1. The number of rotatable bonds is 5. The quantitative estimate of drug-likeness (QED) is 0.526. The van der Waals surface area contributed by atoms with Crippen LogP contribution in [-0.4, -0.2) is 57.7 Å². The van der Waals surface area contributed by atoms with E-state index < -0.39 is 11.8 Å². The second-order valence-corrected chi connectivity index (χ2v) is 8.44. The number of carbonyl (C=O) groups excluding carboxylic acids is 1. The van der Waals surface area contributed by atoms with Crippen molar-refractivity contribution in [2.45, 2.75) is 38.2 Å². The van der Waals surface area contributed by atoms with Crippen LogP contribution >= 0.6 is 0 Å². The molecule has 0 saturated carbocycles. The monoisotopic (exact) mass is 437 g/mol. The molecule has 0 radical (unpaired) electrons. The molecular weight excluding hydrogens is 410 g/mol. The van der Waals surface area contributed by atoms with Gasteiger partial charge in [-0.2, -0.15) is 0 Å². The molecule has 3 unspecified atom stereocenters. The maximum atomic E-state index is 13.0. The van der Waals surface area contributed by atoms with Gasteiger partial charge in [0, 0.05) is 37.4 Å². The summed E-state index contributed by atoms with van der Waals surface area (Å²) in [5.74, 6) is -1.65. The van der Waals surface area contributed by atoms with Gasteiger partial charge in [-0.25, -0.2) is 9.97 Å². The van der Waals surface area contributed by atoms with Gasteiger partial charge in [0.05, 0.1) is 18.1 Å². The fourth-order valence-corrected chi connectivity index (χ4v) is 4.54. The number of hydrogen-bond donors (Lipinski definition) is 3. The molecule has 168 valence electrons. The first kappa shape index (κ1) is 20.9. The molecule has 1 aromatic carbocycles. The van der Waals surface area contributed by atoms with Crippen LogP contribution < -0.4 is 10.2 Å². The minimum Gasteiger partial charge on any atom is -0.379 e. The summed E-state index contributed by atoms with van der Waals surface area (Å²) in [7, 11) is 0. The number of anilines is 2. The zero-order valence-corrected chi connectivity index (χ0v) is 18.0. The number of fused-ring (bicyclic) bond motifs is 1. The Bertz CT molecular complexity index is 1100. The zero-order chi connectivity index (χ0) is 22.1. The minimum atomic E-state index is -1.69. The van der Waals surface area contributed by atoms with Crippen LogP contribution in [0.15, 0.2) is 42.9 Å². The molecule has 9 nitrogen and oxygen atoms in total. The molecule has 2 aliphatic heterocycles. The molecule has 0 bridgehead atoms. The van der Waals surface area contributed by atoms with Crippen molar-refractivity contribution in [2.24, 2.45) is 5.92 Å². The number of amides is 1. The Kier molecular flexibility index (Phi) is 5.54. The van der Waals surface area contributed by atoms with Gasteiger partial charge in [-0.1, -0.05) is 18.2 Å². The van der Waals surface area contributed by atoms with Gasteiger partial charge in [-0.3, -0.25) is 4.79 Å². The maximum Gasteiger partial charge on any atom is 0.251 e. The molecule has 2 aliphatic rings. The van der Waals surface area contributed by atoms with E-state index in [0.717, 1.165) is 16.6 Å². The first-order chi connectivity index (χ1) is 15.5. The average molecular weight is 438 g/mol. The Morgan fingerprint density at radius 2 is 2.16 bits per heavy atom. The molecule has 1 amide bonds. The molecule has 9 heteroatoms. The molecule has 0 aliphatic carbocycles. The summed E-state index contributed by atoms with van der Waals surface area (Å²) in [5, 5.41) is 15.6. The number of piperidine rings is 1. The van der Waals surface area contributed by atoms with Gasteiger partial charge in [0.25, 0.3) is 5.91 Å². The summed E-state index contributed by atoms with van der Waals surface area (Å²) in [6.45, 7) is 3.39. The highest BCUT2D eigenvalue weighted by Crippen LogP contribution is 2.39. The molecule has 4 heterocycles. The van der Waals surface area contributed by atoms with E-state index in [1.54, 1.807) is 4.90 Å². The lowest BCUT2D eigenvalue weighted by Gasteiger charge is -2.46. The molecule has 2 aromatic heterocycles. The van der Waals surface area contributed by atoms with Crippen molar-refractivity contribution in [1.29, 1.82) is 0 Å². The van der Waals surface area contributed by atoms with Crippen LogP contribution in [0.3, 0.4) is 0 Å². The van der Waals surface area contributed by atoms with Gasteiger partial charge in [0.15, 0.2) is 0 Å². The van der Waals surface area contributed by atoms with E-state index in [1.165, 1.54) is 6.33 Å². The molecular formula is C23H27N5O4. The number of aromatic amines is 1. The van der Waals surface area contributed by atoms with Gasteiger partial charge in [-0.05, 0) is 37.5 Å². The number of hydrogen-bond acceptors (Lipinski definition) is 7. The van der Waals surface area contributed by atoms with Crippen LogP contribution in [0.1, 0.15) is 24.8 Å². The number of para-hydroxylation sites is 1. The van der Waals surface area contributed by atoms with E-state index >= 15 is 0 Å². The van der Waals surface area contributed by atoms with E-state index in [4.69, 9.17) is 9.47 Å².